The lowest BCUT2D eigenvalue weighted by Gasteiger charge is -2.33. The summed E-state index contributed by atoms with van der Waals surface area (Å²) in [5.41, 5.74) is 2.97. The first-order chi connectivity index (χ1) is 12.6. The zero-order valence-corrected chi connectivity index (χ0v) is 15.6. The van der Waals surface area contributed by atoms with Crippen molar-refractivity contribution in [1.82, 2.24) is 10.2 Å². The molecule has 1 unspecified atom stereocenters. The lowest BCUT2D eigenvalue weighted by molar-refractivity contribution is -0.0285. The molecule has 0 saturated carbocycles. The predicted octanol–water partition coefficient (Wildman–Crippen LogP) is 3.67. The summed E-state index contributed by atoms with van der Waals surface area (Å²) in [5.74, 6) is 0. The maximum absolute atomic E-state index is 12.1. The van der Waals surface area contributed by atoms with E-state index in [1.165, 1.54) is 5.56 Å². The van der Waals surface area contributed by atoms with Gasteiger partial charge in [-0.25, -0.2) is 4.79 Å². The van der Waals surface area contributed by atoms with Gasteiger partial charge in [-0.3, -0.25) is 4.90 Å². The first-order valence-electron chi connectivity index (χ1n) is 8.79. The second kappa shape index (κ2) is 9.03. The van der Waals surface area contributed by atoms with E-state index in [0.29, 0.717) is 18.2 Å². The smallest absolute Gasteiger partial charge is 0.319 e. The molecule has 2 amide bonds. The predicted molar refractivity (Wildman–Crippen MR) is 105 cm³/mol. The number of nitrogens with one attached hydrogen (secondary N) is 2. The van der Waals surface area contributed by atoms with E-state index in [2.05, 4.69) is 39.8 Å². The molecule has 0 spiro atoms. The molecule has 138 valence electrons. The number of amides is 2. The number of carbonyl (C=O) groups excluding carboxylic acids is 1. The number of morpholine rings is 1. The van der Waals surface area contributed by atoms with Crippen LogP contribution >= 0.6 is 11.6 Å². The van der Waals surface area contributed by atoms with Crippen LogP contribution in [0.25, 0.3) is 0 Å². The van der Waals surface area contributed by atoms with Crippen molar-refractivity contribution in [2.75, 3.05) is 31.6 Å². The van der Waals surface area contributed by atoms with Gasteiger partial charge in [-0.05, 0) is 36.2 Å². The Morgan fingerprint density at radius 1 is 1.27 bits per heavy atom. The summed E-state index contributed by atoms with van der Waals surface area (Å²) < 4.78 is 5.78. The number of ether oxygens (including phenoxy) is 1. The summed E-state index contributed by atoms with van der Waals surface area (Å²) >= 11 is 5.94. The molecule has 1 atom stereocenters. The average molecular weight is 374 g/mol. The minimum absolute atomic E-state index is 0.00970. The molecule has 0 aliphatic carbocycles. The highest BCUT2D eigenvalue weighted by atomic mass is 35.5. The van der Waals surface area contributed by atoms with Crippen LogP contribution in [0.2, 0.25) is 5.02 Å². The molecule has 2 aromatic carbocycles. The van der Waals surface area contributed by atoms with Crippen LogP contribution in [0.1, 0.15) is 11.1 Å². The van der Waals surface area contributed by atoms with Gasteiger partial charge in [-0.15, -0.1) is 0 Å². The number of rotatable bonds is 5. The first kappa shape index (κ1) is 18.7. The molecule has 1 aliphatic heterocycles. The topological polar surface area (TPSA) is 53.6 Å². The normalized spacial score (nSPS) is 17.7. The monoisotopic (exact) mass is 373 g/mol. The molecular weight excluding hydrogens is 350 g/mol. The Balaban J connectivity index is 1.45. The molecule has 1 saturated heterocycles. The van der Waals surface area contributed by atoms with Gasteiger partial charge >= 0.3 is 6.03 Å². The maximum Gasteiger partial charge on any atom is 0.319 e. The van der Waals surface area contributed by atoms with Gasteiger partial charge in [-0.2, -0.15) is 0 Å². The van der Waals surface area contributed by atoms with Gasteiger partial charge in [0, 0.05) is 36.9 Å². The van der Waals surface area contributed by atoms with Gasteiger partial charge in [0.2, 0.25) is 0 Å². The van der Waals surface area contributed by atoms with E-state index in [9.17, 15) is 4.79 Å². The molecule has 3 rings (SSSR count). The van der Waals surface area contributed by atoms with Gasteiger partial charge in [0.1, 0.15) is 0 Å². The summed E-state index contributed by atoms with van der Waals surface area (Å²) in [6.07, 6.45) is -0.00970. The average Bonchev–Trinajstić information content (AvgIpc) is 2.64. The summed E-state index contributed by atoms with van der Waals surface area (Å²) in [5, 5.41) is 6.40. The Morgan fingerprint density at radius 3 is 2.85 bits per heavy atom. The van der Waals surface area contributed by atoms with Gasteiger partial charge in [0.25, 0.3) is 0 Å². The number of carbonyl (C=O) groups is 1. The van der Waals surface area contributed by atoms with Crippen LogP contribution in [0.5, 0.6) is 0 Å². The van der Waals surface area contributed by atoms with Crippen molar-refractivity contribution >= 4 is 23.3 Å². The third-order valence-corrected chi connectivity index (χ3v) is 4.63. The molecule has 1 heterocycles. The van der Waals surface area contributed by atoms with Crippen LogP contribution in [0.15, 0.2) is 48.5 Å². The van der Waals surface area contributed by atoms with E-state index in [1.54, 1.807) is 12.1 Å². The number of aryl methyl sites for hydroxylation is 1. The Labute approximate surface area is 159 Å². The molecular formula is C20H24ClN3O2. The van der Waals surface area contributed by atoms with Crippen LogP contribution in [-0.4, -0.2) is 43.3 Å². The van der Waals surface area contributed by atoms with Crippen LogP contribution < -0.4 is 10.6 Å². The lowest BCUT2D eigenvalue weighted by Crippen LogP contribution is -2.47. The highest BCUT2D eigenvalue weighted by Gasteiger charge is 2.21. The molecule has 2 aromatic rings. The number of halogens is 1. The highest BCUT2D eigenvalue weighted by Crippen LogP contribution is 2.19. The molecule has 1 fully saturated rings. The fraction of sp³-hybridized carbons (Fsp3) is 0.350. The largest absolute Gasteiger partial charge is 0.374 e. The van der Waals surface area contributed by atoms with Gasteiger partial charge < -0.3 is 15.4 Å². The molecule has 0 aromatic heterocycles. The maximum atomic E-state index is 12.1. The minimum Gasteiger partial charge on any atom is -0.374 e. The molecule has 26 heavy (non-hydrogen) atoms. The van der Waals surface area contributed by atoms with Crippen molar-refractivity contribution in [2.45, 2.75) is 19.6 Å². The van der Waals surface area contributed by atoms with Crippen molar-refractivity contribution in [1.29, 1.82) is 0 Å². The standard InChI is InChI=1S/C20H24ClN3O2/c1-15-11-17(21)7-8-19(15)23-20(25)22-12-18-14-24(9-10-26-18)13-16-5-3-2-4-6-16/h2-8,11,18H,9-10,12-14H2,1H3,(H2,22,23,25). The zero-order valence-electron chi connectivity index (χ0n) is 14.9. The van der Waals surface area contributed by atoms with Crippen LogP contribution in [0.3, 0.4) is 0 Å². The number of hydrogen-bond acceptors (Lipinski definition) is 3. The van der Waals surface area contributed by atoms with Crippen molar-refractivity contribution in [2.24, 2.45) is 0 Å². The van der Waals surface area contributed by atoms with Crippen LogP contribution in [0, 0.1) is 6.92 Å². The summed E-state index contributed by atoms with van der Waals surface area (Å²) in [7, 11) is 0. The first-order valence-corrected chi connectivity index (χ1v) is 9.17. The summed E-state index contributed by atoms with van der Waals surface area (Å²) in [4.78, 5) is 14.5. The third kappa shape index (κ3) is 5.46. The summed E-state index contributed by atoms with van der Waals surface area (Å²) in [6.45, 7) is 5.67. The van der Waals surface area contributed by atoms with E-state index >= 15 is 0 Å². The van der Waals surface area contributed by atoms with E-state index in [1.807, 2.05) is 19.1 Å². The van der Waals surface area contributed by atoms with E-state index in [-0.39, 0.29) is 12.1 Å². The lowest BCUT2D eigenvalue weighted by atomic mass is 10.2. The Morgan fingerprint density at radius 2 is 2.08 bits per heavy atom. The molecule has 2 N–H and O–H groups in total. The van der Waals surface area contributed by atoms with Crippen molar-refractivity contribution in [3.05, 3.63) is 64.7 Å². The molecule has 6 heteroatoms. The number of anilines is 1. The molecule has 1 aliphatic rings. The van der Waals surface area contributed by atoms with E-state index in [0.717, 1.165) is 30.9 Å². The minimum atomic E-state index is -0.237. The molecule has 5 nitrogen and oxygen atoms in total. The number of urea groups is 1. The second-order valence-electron chi connectivity index (χ2n) is 6.51. The van der Waals surface area contributed by atoms with Crippen molar-refractivity contribution in [3.63, 3.8) is 0 Å². The Kier molecular flexibility index (Phi) is 6.50. The third-order valence-electron chi connectivity index (χ3n) is 4.40. The highest BCUT2D eigenvalue weighted by molar-refractivity contribution is 6.30. The van der Waals surface area contributed by atoms with Crippen LogP contribution in [-0.2, 0) is 11.3 Å². The van der Waals surface area contributed by atoms with Crippen LogP contribution in [0.4, 0.5) is 10.5 Å². The Bertz CT molecular complexity index is 739. The fourth-order valence-electron chi connectivity index (χ4n) is 3.03. The number of hydrogen-bond donors (Lipinski definition) is 2. The van der Waals surface area contributed by atoms with Crippen molar-refractivity contribution < 1.29 is 9.53 Å². The van der Waals surface area contributed by atoms with E-state index in [4.69, 9.17) is 16.3 Å². The quantitative estimate of drug-likeness (QED) is 0.840. The Hall–Kier alpha value is -2.08. The molecule has 0 bridgehead atoms. The summed E-state index contributed by atoms with van der Waals surface area (Å²) in [6, 6.07) is 15.5. The number of benzene rings is 2. The van der Waals surface area contributed by atoms with Crippen molar-refractivity contribution in [3.8, 4) is 0 Å². The van der Waals surface area contributed by atoms with E-state index < -0.39 is 0 Å². The SMILES string of the molecule is Cc1cc(Cl)ccc1NC(=O)NCC1CN(Cc2ccccc2)CCO1. The number of nitrogens with zero attached hydrogens (tertiary/aromatic N) is 1. The van der Waals surface area contributed by atoms with Gasteiger partial charge in [0.15, 0.2) is 0 Å². The fourth-order valence-corrected chi connectivity index (χ4v) is 3.26. The zero-order chi connectivity index (χ0) is 18.4. The molecule has 0 radical (unpaired) electrons. The van der Waals surface area contributed by atoms with Gasteiger partial charge in [0.05, 0.1) is 12.7 Å². The van der Waals surface area contributed by atoms with Gasteiger partial charge in [-0.1, -0.05) is 41.9 Å². The second-order valence-corrected chi connectivity index (χ2v) is 6.94.